The molecule has 0 spiro atoms. The van der Waals surface area contributed by atoms with Crippen molar-refractivity contribution in [1.29, 1.82) is 0 Å². The van der Waals surface area contributed by atoms with E-state index in [0.29, 0.717) is 0 Å². The van der Waals surface area contributed by atoms with Gasteiger partial charge in [0.15, 0.2) is 0 Å². The summed E-state index contributed by atoms with van der Waals surface area (Å²) < 4.78 is 11.7. The number of rotatable bonds is 8. The highest BCUT2D eigenvalue weighted by atomic mass is 16.5. The van der Waals surface area contributed by atoms with Crippen LogP contribution in [0.2, 0.25) is 0 Å². The molecule has 0 atom stereocenters. The van der Waals surface area contributed by atoms with Crippen LogP contribution < -0.4 is 14.8 Å². The van der Waals surface area contributed by atoms with Gasteiger partial charge in [0, 0.05) is 32.2 Å². The molecule has 2 aromatic rings. The largest absolute Gasteiger partial charge is 0.493 e. The lowest BCUT2D eigenvalue weighted by Gasteiger charge is -2.26. The van der Waals surface area contributed by atoms with Crippen LogP contribution in [0.15, 0.2) is 54.6 Å². The second-order valence-corrected chi connectivity index (χ2v) is 6.65. The number of aliphatic carboxylic acids is 2. The first-order chi connectivity index (χ1) is 14.5. The van der Waals surface area contributed by atoms with Crippen molar-refractivity contribution < 1.29 is 29.3 Å². The van der Waals surface area contributed by atoms with Crippen LogP contribution in [-0.2, 0) is 9.59 Å². The highest BCUT2D eigenvalue weighted by Gasteiger charge is 2.08. The molecule has 0 radical (unpaired) electrons. The van der Waals surface area contributed by atoms with E-state index in [0.717, 1.165) is 43.4 Å². The zero-order chi connectivity index (χ0) is 21.6. The Morgan fingerprint density at radius 2 is 1.50 bits per heavy atom. The molecule has 1 saturated heterocycles. The standard InChI is InChI=1S/C20H26N2O2.C2H2O4/c1-2-7-18(8-3-1)24-20-10-6-9-19(17-20)23-16-5-4-13-22-14-11-21-12-15-22;3-1(4)2(5)6/h1-3,6-10,17,21H,4-5,11-16H2;(H,3,4)(H,5,6). The zero-order valence-electron chi connectivity index (χ0n) is 16.8. The number of hydrogen-bond acceptors (Lipinski definition) is 6. The van der Waals surface area contributed by atoms with Crippen LogP contribution in [0.3, 0.4) is 0 Å². The van der Waals surface area contributed by atoms with Crippen molar-refractivity contribution in [3.8, 4) is 17.2 Å². The van der Waals surface area contributed by atoms with Crippen molar-refractivity contribution in [2.75, 3.05) is 39.3 Å². The summed E-state index contributed by atoms with van der Waals surface area (Å²) in [6.45, 7) is 6.48. The number of piperazine rings is 1. The first kappa shape index (κ1) is 23.2. The maximum absolute atomic E-state index is 9.10. The quantitative estimate of drug-likeness (QED) is 0.445. The topological polar surface area (TPSA) is 108 Å². The predicted octanol–water partition coefficient (Wildman–Crippen LogP) is 2.70. The number of nitrogens with one attached hydrogen (secondary N) is 1. The summed E-state index contributed by atoms with van der Waals surface area (Å²) in [6.07, 6.45) is 2.26. The van der Waals surface area contributed by atoms with E-state index in [4.69, 9.17) is 29.3 Å². The highest BCUT2D eigenvalue weighted by molar-refractivity contribution is 6.27. The van der Waals surface area contributed by atoms with Crippen molar-refractivity contribution >= 4 is 11.9 Å². The van der Waals surface area contributed by atoms with Crippen molar-refractivity contribution in [3.63, 3.8) is 0 Å². The number of carbonyl (C=O) groups is 2. The van der Waals surface area contributed by atoms with E-state index in [1.165, 1.54) is 26.1 Å². The van der Waals surface area contributed by atoms with E-state index in [1.54, 1.807) is 0 Å². The molecule has 30 heavy (non-hydrogen) atoms. The molecule has 8 heteroatoms. The van der Waals surface area contributed by atoms with Crippen LogP contribution in [0, 0.1) is 0 Å². The van der Waals surface area contributed by atoms with Gasteiger partial charge < -0.3 is 29.9 Å². The van der Waals surface area contributed by atoms with Gasteiger partial charge in [-0.15, -0.1) is 0 Å². The predicted molar refractivity (Wildman–Crippen MR) is 112 cm³/mol. The third-order valence-electron chi connectivity index (χ3n) is 4.31. The molecule has 1 heterocycles. The van der Waals surface area contributed by atoms with Crippen LogP contribution in [-0.4, -0.2) is 66.4 Å². The van der Waals surface area contributed by atoms with Crippen molar-refractivity contribution in [1.82, 2.24) is 10.2 Å². The Morgan fingerprint density at radius 3 is 2.17 bits per heavy atom. The summed E-state index contributed by atoms with van der Waals surface area (Å²) in [7, 11) is 0. The van der Waals surface area contributed by atoms with E-state index in [2.05, 4.69) is 10.2 Å². The lowest BCUT2D eigenvalue weighted by Crippen LogP contribution is -2.43. The molecule has 1 fully saturated rings. The SMILES string of the molecule is O=C(O)C(=O)O.c1ccc(Oc2cccc(OCCCCN3CCNCC3)c2)cc1. The van der Waals surface area contributed by atoms with E-state index >= 15 is 0 Å². The van der Waals surface area contributed by atoms with Gasteiger partial charge in [-0.1, -0.05) is 24.3 Å². The Bertz CT molecular complexity index is 766. The van der Waals surface area contributed by atoms with E-state index < -0.39 is 11.9 Å². The van der Waals surface area contributed by atoms with Crippen LogP contribution in [0.5, 0.6) is 17.2 Å². The second-order valence-electron chi connectivity index (χ2n) is 6.65. The smallest absolute Gasteiger partial charge is 0.414 e. The number of unbranched alkanes of at least 4 members (excludes halogenated alkanes) is 1. The molecule has 0 amide bonds. The Balaban J connectivity index is 0.000000469. The lowest BCUT2D eigenvalue weighted by molar-refractivity contribution is -0.159. The molecular formula is C22H28N2O6. The molecule has 0 bridgehead atoms. The number of para-hydroxylation sites is 1. The van der Waals surface area contributed by atoms with Gasteiger partial charge in [0.2, 0.25) is 0 Å². The third kappa shape index (κ3) is 9.40. The van der Waals surface area contributed by atoms with Crippen LogP contribution in [0.25, 0.3) is 0 Å². The number of carboxylic acids is 2. The minimum absolute atomic E-state index is 0.751. The molecule has 3 rings (SSSR count). The molecule has 0 saturated carbocycles. The Kier molecular flexibility index (Phi) is 10.2. The number of nitrogens with zero attached hydrogens (tertiary/aromatic N) is 1. The molecular weight excluding hydrogens is 388 g/mol. The summed E-state index contributed by atoms with van der Waals surface area (Å²) >= 11 is 0. The molecule has 8 nitrogen and oxygen atoms in total. The number of carboxylic acid groups (broad SMARTS) is 2. The fraction of sp³-hybridized carbons (Fsp3) is 0.364. The van der Waals surface area contributed by atoms with Crippen LogP contribution in [0.4, 0.5) is 0 Å². The fourth-order valence-electron chi connectivity index (χ4n) is 2.81. The normalized spacial score (nSPS) is 13.6. The molecule has 1 aliphatic rings. The molecule has 3 N–H and O–H groups in total. The summed E-state index contributed by atoms with van der Waals surface area (Å²) in [5.74, 6) is -1.14. The zero-order valence-corrected chi connectivity index (χ0v) is 16.8. The first-order valence-electron chi connectivity index (χ1n) is 9.89. The van der Waals surface area contributed by atoms with Crippen molar-refractivity contribution in [3.05, 3.63) is 54.6 Å². The fourth-order valence-corrected chi connectivity index (χ4v) is 2.81. The summed E-state index contributed by atoms with van der Waals surface area (Å²) in [5, 5.41) is 18.2. The monoisotopic (exact) mass is 416 g/mol. The molecule has 2 aromatic carbocycles. The van der Waals surface area contributed by atoms with Gasteiger partial charge in [-0.25, -0.2) is 9.59 Å². The summed E-state index contributed by atoms with van der Waals surface area (Å²) in [6, 6.07) is 17.7. The van der Waals surface area contributed by atoms with Gasteiger partial charge >= 0.3 is 11.9 Å². The van der Waals surface area contributed by atoms with Gasteiger partial charge in [-0.05, 0) is 43.7 Å². The Morgan fingerprint density at radius 1 is 0.867 bits per heavy atom. The van der Waals surface area contributed by atoms with Crippen molar-refractivity contribution in [2.45, 2.75) is 12.8 Å². The van der Waals surface area contributed by atoms with Crippen molar-refractivity contribution in [2.24, 2.45) is 0 Å². The lowest BCUT2D eigenvalue weighted by atomic mass is 10.2. The average Bonchev–Trinajstić information content (AvgIpc) is 2.76. The maximum atomic E-state index is 9.10. The van der Waals surface area contributed by atoms with Crippen LogP contribution >= 0.6 is 0 Å². The summed E-state index contributed by atoms with van der Waals surface area (Å²) in [5.41, 5.74) is 0. The van der Waals surface area contributed by atoms with E-state index in [1.807, 2.05) is 54.6 Å². The van der Waals surface area contributed by atoms with E-state index in [-0.39, 0.29) is 0 Å². The maximum Gasteiger partial charge on any atom is 0.414 e. The minimum Gasteiger partial charge on any atom is -0.493 e. The Labute approximate surface area is 176 Å². The number of hydrogen-bond donors (Lipinski definition) is 3. The van der Waals surface area contributed by atoms with Gasteiger partial charge in [-0.3, -0.25) is 0 Å². The molecule has 0 aromatic heterocycles. The number of ether oxygens (including phenoxy) is 2. The average molecular weight is 416 g/mol. The summed E-state index contributed by atoms with van der Waals surface area (Å²) in [4.78, 5) is 20.7. The molecule has 162 valence electrons. The number of benzene rings is 2. The minimum atomic E-state index is -1.82. The van der Waals surface area contributed by atoms with Crippen LogP contribution in [0.1, 0.15) is 12.8 Å². The molecule has 0 aliphatic carbocycles. The molecule has 0 unspecified atom stereocenters. The van der Waals surface area contributed by atoms with E-state index in [9.17, 15) is 0 Å². The molecule has 1 aliphatic heterocycles. The first-order valence-corrected chi connectivity index (χ1v) is 9.89. The van der Waals surface area contributed by atoms with Gasteiger partial charge in [-0.2, -0.15) is 0 Å². The third-order valence-corrected chi connectivity index (χ3v) is 4.31. The second kappa shape index (κ2) is 13.2. The highest BCUT2D eigenvalue weighted by Crippen LogP contribution is 2.25. The van der Waals surface area contributed by atoms with Gasteiger partial charge in [0.05, 0.1) is 6.61 Å². The Hall–Kier alpha value is -3.10. The van der Waals surface area contributed by atoms with Gasteiger partial charge in [0.1, 0.15) is 17.2 Å². The van der Waals surface area contributed by atoms with Gasteiger partial charge in [0.25, 0.3) is 0 Å².